The monoisotopic (exact) mass is 586 g/mol. The molecule has 0 N–H and O–H groups in total. The zero-order chi connectivity index (χ0) is 30.5. The predicted molar refractivity (Wildman–Crippen MR) is 194 cm³/mol. The van der Waals surface area contributed by atoms with Gasteiger partial charge in [0, 0.05) is 23.7 Å². The van der Waals surface area contributed by atoms with Crippen molar-refractivity contribution in [3.63, 3.8) is 0 Å². The van der Waals surface area contributed by atoms with Gasteiger partial charge in [-0.15, -0.1) is 0 Å². The summed E-state index contributed by atoms with van der Waals surface area (Å²) in [7, 11) is 0. The molecule has 218 valence electrons. The molecule has 0 aliphatic heterocycles. The first-order chi connectivity index (χ1) is 22.8. The number of hydrogen-bond donors (Lipinski definition) is 0. The van der Waals surface area contributed by atoms with E-state index >= 15 is 0 Å². The Hall–Kier alpha value is -5.46. The molecule has 9 rings (SSSR count). The van der Waals surface area contributed by atoms with Crippen LogP contribution in [0, 0.1) is 11.8 Å². The number of hydrogen-bond acceptors (Lipinski definition) is 0. The molecule has 0 fully saturated rings. The third-order valence-electron chi connectivity index (χ3n) is 10.3. The molecule has 0 saturated carbocycles. The summed E-state index contributed by atoms with van der Waals surface area (Å²) in [6.45, 7) is 0. The topological polar surface area (TPSA) is 0 Å². The standard InChI is InChI=1S/C46H34/c1-2-14-33(15-3-1)45-44-30-37(40-23-11-17-32-13-6-7-20-39(32)40)26-27-42(44)41-21-8-9-22-43(41)46(45)38-19-10-18-35(29-38)36-25-24-31-12-4-5-16-34(31)28-36/h1-30,32,39,45-46H. The Bertz CT molecular complexity index is 2220. The fourth-order valence-electron chi connectivity index (χ4n) is 8.11. The van der Waals surface area contributed by atoms with Gasteiger partial charge in [-0.05, 0) is 72.5 Å². The Labute approximate surface area is 271 Å². The van der Waals surface area contributed by atoms with E-state index in [1.54, 1.807) is 0 Å². The zero-order valence-electron chi connectivity index (χ0n) is 25.6. The number of allylic oxidation sites excluding steroid dienone is 8. The van der Waals surface area contributed by atoms with E-state index in [1.165, 1.54) is 66.4 Å². The van der Waals surface area contributed by atoms with Gasteiger partial charge >= 0.3 is 0 Å². The van der Waals surface area contributed by atoms with Crippen LogP contribution >= 0.6 is 0 Å². The first-order valence-electron chi connectivity index (χ1n) is 16.4. The number of rotatable bonds is 4. The first kappa shape index (κ1) is 26.9. The van der Waals surface area contributed by atoms with Crippen LogP contribution in [0.15, 0.2) is 182 Å². The van der Waals surface area contributed by atoms with E-state index in [0.717, 1.165) is 0 Å². The largest absolute Gasteiger partial charge is 0.0767 e. The van der Waals surface area contributed by atoms with E-state index in [-0.39, 0.29) is 11.8 Å². The van der Waals surface area contributed by atoms with Crippen molar-refractivity contribution in [1.82, 2.24) is 0 Å². The van der Waals surface area contributed by atoms with Crippen molar-refractivity contribution >= 4 is 16.3 Å². The molecule has 4 unspecified atom stereocenters. The number of benzene rings is 6. The van der Waals surface area contributed by atoms with Crippen molar-refractivity contribution in [1.29, 1.82) is 0 Å². The van der Waals surface area contributed by atoms with Gasteiger partial charge in [-0.3, -0.25) is 0 Å². The molecule has 0 heteroatoms. The van der Waals surface area contributed by atoms with Crippen molar-refractivity contribution in [2.24, 2.45) is 11.8 Å². The summed E-state index contributed by atoms with van der Waals surface area (Å²) in [6, 6.07) is 52.3. The molecule has 0 saturated heterocycles. The molecular formula is C46H34. The van der Waals surface area contributed by atoms with E-state index in [0.29, 0.717) is 11.8 Å². The average molecular weight is 587 g/mol. The molecule has 0 heterocycles. The van der Waals surface area contributed by atoms with Crippen LogP contribution in [0.3, 0.4) is 0 Å². The smallest absolute Gasteiger partial charge is 0.0205 e. The lowest BCUT2D eigenvalue weighted by Crippen LogP contribution is -2.21. The minimum Gasteiger partial charge on any atom is -0.0767 e. The predicted octanol–water partition coefficient (Wildman–Crippen LogP) is 11.8. The van der Waals surface area contributed by atoms with Crippen molar-refractivity contribution in [2.75, 3.05) is 0 Å². The minimum atomic E-state index is 0.173. The van der Waals surface area contributed by atoms with Gasteiger partial charge in [0.05, 0.1) is 0 Å². The van der Waals surface area contributed by atoms with Crippen LogP contribution in [-0.2, 0) is 0 Å². The van der Waals surface area contributed by atoms with Crippen molar-refractivity contribution in [3.05, 3.63) is 210 Å². The van der Waals surface area contributed by atoms with Gasteiger partial charge in [-0.25, -0.2) is 0 Å². The molecule has 0 spiro atoms. The van der Waals surface area contributed by atoms with Gasteiger partial charge < -0.3 is 0 Å². The maximum absolute atomic E-state index is 2.51. The maximum atomic E-state index is 2.51. The van der Waals surface area contributed by atoms with Gasteiger partial charge in [0.1, 0.15) is 0 Å². The normalized spacial score (nSPS) is 20.9. The van der Waals surface area contributed by atoms with Crippen LogP contribution in [0.5, 0.6) is 0 Å². The van der Waals surface area contributed by atoms with E-state index in [9.17, 15) is 0 Å². The zero-order valence-corrected chi connectivity index (χ0v) is 25.6. The van der Waals surface area contributed by atoms with Gasteiger partial charge in [0.2, 0.25) is 0 Å². The molecule has 3 aliphatic rings. The van der Waals surface area contributed by atoms with Gasteiger partial charge in [-0.1, -0.05) is 176 Å². The molecule has 0 amide bonds. The van der Waals surface area contributed by atoms with Gasteiger partial charge in [-0.2, -0.15) is 0 Å². The molecule has 6 aromatic carbocycles. The van der Waals surface area contributed by atoms with E-state index in [1.807, 2.05) is 0 Å². The lowest BCUT2D eigenvalue weighted by molar-refractivity contribution is 0.674. The fourth-order valence-corrected chi connectivity index (χ4v) is 8.11. The Kier molecular flexibility index (Phi) is 6.53. The Balaban J connectivity index is 1.23. The quantitative estimate of drug-likeness (QED) is 0.193. The van der Waals surface area contributed by atoms with Gasteiger partial charge in [0.15, 0.2) is 0 Å². The van der Waals surface area contributed by atoms with Gasteiger partial charge in [0.25, 0.3) is 0 Å². The highest BCUT2D eigenvalue weighted by Gasteiger charge is 2.36. The summed E-state index contributed by atoms with van der Waals surface area (Å²) >= 11 is 0. The van der Waals surface area contributed by atoms with Crippen molar-refractivity contribution in [3.8, 4) is 22.3 Å². The maximum Gasteiger partial charge on any atom is 0.0205 e. The first-order valence-corrected chi connectivity index (χ1v) is 16.4. The third-order valence-corrected chi connectivity index (χ3v) is 10.3. The number of fused-ring (bicyclic) bond motifs is 5. The van der Waals surface area contributed by atoms with Crippen LogP contribution in [0.2, 0.25) is 0 Å². The molecule has 0 radical (unpaired) electrons. The lowest BCUT2D eigenvalue weighted by Gasteiger charge is -2.37. The highest BCUT2D eigenvalue weighted by atomic mass is 14.4. The summed E-state index contributed by atoms with van der Waals surface area (Å²) < 4.78 is 0. The van der Waals surface area contributed by atoms with Crippen LogP contribution in [-0.4, -0.2) is 0 Å². The Morgan fingerprint density at radius 1 is 0.391 bits per heavy atom. The molecule has 0 nitrogen and oxygen atoms in total. The SMILES string of the molecule is C1=CC2C=CC=C(c3ccc4c(c3)C(c3ccccc3)C(c3cccc(-c5ccc6ccccc6c5)c3)c3ccccc3-4)C2C=C1. The fraction of sp³-hybridized carbons (Fsp3) is 0.0870. The van der Waals surface area contributed by atoms with Crippen molar-refractivity contribution in [2.45, 2.75) is 11.8 Å². The molecule has 4 atom stereocenters. The molecule has 0 bridgehead atoms. The third kappa shape index (κ3) is 4.53. The average Bonchev–Trinajstić information content (AvgIpc) is 3.14. The lowest BCUT2D eigenvalue weighted by atomic mass is 9.65. The highest BCUT2D eigenvalue weighted by Crippen LogP contribution is 2.53. The summed E-state index contributed by atoms with van der Waals surface area (Å²) in [5, 5.41) is 2.55. The second kappa shape index (κ2) is 11.2. The summed E-state index contributed by atoms with van der Waals surface area (Å²) in [6.07, 6.45) is 16.0. The molecular weight excluding hydrogens is 553 g/mol. The second-order valence-corrected chi connectivity index (χ2v) is 12.8. The van der Waals surface area contributed by atoms with Crippen LogP contribution in [0.4, 0.5) is 0 Å². The molecule has 6 aromatic rings. The summed E-state index contributed by atoms with van der Waals surface area (Å²) in [5.74, 6) is 1.13. The van der Waals surface area contributed by atoms with E-state index in [2.05, 4.69) is 182 Å². The van der Waals surface area contributed by atoms with Crippen LogP contribution in [0.1, 0.15) is 39.7 Å². The van der Waals surface area contributed by atoms with Crippen LogP contribution < -0.4 is 0 Å². The van der Waals surface area contributed by atoms with E-state index < -0.39 is 0 Å². The summed E-state index contributed by atoms with van der Waals surface area (Å²) in [4.78, 5) is 0. The van der Waals surface area contributed by atoms with Crippen LogP contribution in [0.25, 0.3) is 38.6 Å². The Morgan fingerprint density at radius 3 is 2.02 bits per heavy atom. The highest BCUT2D eigenvalue weighted by molar-refractivity contribution is 5.88. The van der Waals surface area contributed by atoms with E-state index in [4.69, 9.17) is 0 Å². The Morgan fingerprint density at radius 2 is 1.09 bits per heavy atom. The molecule has 46 heavy (non-hydrogen) atoms. The van der Waals surface area contributed by atoms with Crippen molar-refractivity contribution < 1.29 is 0 Å². The molecule has 0 aromatic heterocycles. The molecule has 3 aliphatic carbocycles. The summed E-state index contributed by atoms with van der Waals surface area (Å²) in [5.41, 5.74) is 13.4. The second-order valence-electron chi connectivity index (χ2n) is 12.8. The minimum absolute atomic E-state index is 0.173.